The van der Waals surface area contributed by atoms with Crippen molar-refractivity contribution in [2.75, 3.05) is 12.8 Å². The van der Waals surface area contributed by atoms with Crippen LogP contribution in [-0.4, -0.2) is 38.8 Å². The van der Waals surface area contributed by atoms with E-state index in [0.29, 0.717) is 34.9 Å². The van der Waals surface area contributed by atoms with Crippen LogP contribution in [0.3, 0.4) is 0 Å². The van der Waals surface area contributed by atoms with E-state index in [1.54, 1.807) is 10.7 Å². The largest absolute Gasteiger partial charge is 0.469 e. The van der Waals surface area contributed by atoms with Gasteiger partial charge in [-0.15, -0.1) is 0 Å². The van der Waals surface area contributed by atoms with Crippen LogP contribution in [-0.2, 0) is 20.9 Å². The quantitative estimate of drug-likeness (QED) is 0.306. The van der Waals surface area contributed by atoms with E-state index in [2.05, 4.69) is 26.0 Å². The summed E-state index contributed by atoms with van der Waals surface area (Å²) in [6.45, 7) is 0.337. The lowest BCUT2D eigenvalue weighted by atomic mass is 9.85. The third kappa shape index (κ3) is 5.12. The molecule has 36 heavy (non-hydrogen) atoms. The van der Waals surface area contributed by atoms with Crippen molar-refractivity contribution >= 4 is 33.4 Å². The number of pyridine rings is 1. The highest BCUT2D eigenvalue weighted by molar-refractivity contribution is 9.10. The first kappa shape index (κ1) is 24.4. The Morgan fingerprint density at radius 2 is 1.86 bits per heavy atom. The van der Waals surface area contributed by atoms with Crippen LogP contribution >= 0.6 is 15.9 Å². The number of rotatable bonds is 7. The van der Waals surface area contributed by atoms with Gasteiger partial charge >= 0.3 is 5.97 Å². The Hall–Kier alpha value is -3.30. The number of anilines is 1. The fraction of sp³-hybridized carbons (Fsp3) is 0.333. The molecule has 4 aromatic rings. The molecule has 0 unspecified atom stereocenters. The summed E-state index contributed by atoms with van der Waals surface area (Å²) < 4.78 is 13.3. The van der Waals surface area contributed by atoms with Gasteiger partial charge < -0.3 is 15.2 Å². The zero-order valence-corrected chi connectivity index (χ0v) is 21.6. The van der Waals surface area contributed by atoms with Crippen LogP contribution < -0.4 is 5.73 Å². The van der Waals surface area contributed by atoms with Gasteiger partial charge in [-0.25, -0.2) is 4.98 Å². The normalized spacial score (nSPS) is 17.8. The van der Waals surface area contributed by atoms with Gasteiger partial charge in [0.1, 0.15) is 5.82 Å². The minimum absolute atomic E-state index is 0.129. The van der Waals surface area contributed by atoms with Crippen LogP contribution in [0.25, 0.3) is 28.0 Å². The summed E-state index contributed by atoms with van der Waals surface area (Å²) in [4.78, 5) is 21.1. The van der Waals surface area contributed by atoms with Gasteiger partial charge in [-0.2, -0.15) is 9.61 Å². The van der Waals surface area contributed by atoms with Gasteiger partial charge in [0.25, 0.3) is 0 Å². The van der Waals surface area contributed by atoms with Crippen molar-refractivity contribution in [3.63, 3.8) is 0 Å². The number of carbonyl (C=O) groups excluding carboxylic acids is 1. The van der Waals surface area contributed by atoms with E-state index in [-0.39, 0.29) is 12.1 Å². The molecule has 186 valence electrons. The number of nitrogens with zero attached hydrogens (tertiary/aromatic N) is 4. The lowest BCUT2D eigenvalue weighted by molar-refractivity contribution is -0.142. The number of ether oxygens (including phenoxy) is 2. The highest BCUT2D eigenvalue weighted by Crippen LogP contribution is 2.33. The Morgan fingerprint density at radius 1 is 1.08 bits per heavy atom. The molecule has 0 spiro atoms. The molecule has 0 aliphatic heterocycles. The molecule has 0 bridgehead atoms. The first-order valence-electron chi connectivity index (χ1n) is 12.1. The highest BCUT2D eigenvalue weighted by atomic mass is 79.9. The Labute approximate surface area is 218 Å². The molecule has 5 rings (SSSR count). The molecular formula is C27H28BrN5O3. The van der Waals surface area contributed by atoms with Gasteiger partial charge in [-0.05, 0) is 53.6 Å². The monoisotopic (exact) mass is 549 g/mol. The number of esters is 1. The number of hydrogen-bond donors (Lipinski definition) is 1. The maximum atomic E-state index is 11.5. The molecule has 3 heterocycles. The first-order valence-corrected chi connectivity index (χ1v) is 12.8. The zero-order chi connectivity index (χ0) is 25.1. The summed E-state index contributed by atoms with van der Waals surface area (Å²) in [7, 11) is 1.44. The maximum absolute atomic E-state index is 11.5. The van der Waals surface area contributed by atoms with Crippen molar-refractivity contribution in [1.29, 1.82) is 0 Å². The number of carbonyl (C=O) groups is 1. The van der Waals surface area contributed by atoms with Crippen molar-refractivity contribution < 1.29 is 14.3 Å². The van der Waals surface area contributed by atoms with E-state index in [0.717, 1.165) is 53.8 Å². The summed E-state index contributed by atoms with van der Waals surface area (Å²) >= 11 is 3.58. The number of halogens is 1. The first-order chi connectivity index (χ1) is 17.5. The second-order valence-corrected chi connectivity index (χ2v) is 9.88. The lowest BCUT2D eigenvalue weighted by Crippen LogP contribution is -2.23. The second-order valence-electron chi connectivity index (χ2n) is 9.08. The second kappa shape index (κ2) is 10.8. The molecule has 1 aliphatic rings. The standard InChI is InChI=1S/C27H28BrN5O3/c1-35-24(34)13-17-7-10-20(11-8-17)36-16-23-25(28)26(29)33-27(32-23)21(15-31-33)19-9-12-22(30-14-19)18-5-3-2-4-6-18/h2-6,9,12,14-15,17,20H,7-8,10-11,13,16,29H2,1H3/t17-,20-. The van der Waals surface area contributed by atoms with Gasteiger partial charge in [0.05, 0.1) is 41.9 Å². The van der Waals surface area contributed by atoms with Crippen LogP contribution in [0.4, 0.5) is 5.82 Å². The molecule has 2 N–H and O–H groups in total. The van der Waals surface area contributed by atoms with Crippen molar-refractivity contribution in [3.05, 3.63) is 65.0 Å². The van der Waals surface area contributed by atoms with Crippen LogP contribution in [0, 0.1) is 5.92 Å². The molecule has 1 saturated carbocycles. The zero-order valence-electron chi connectivity index (χ0n) is 20.1. The van der Waals surface area contributed by atoms with E-state index in [9.17, 15) is 4.79 Å². The van der Waals surface area contributed by atoms with Gasteiger partial charge in [0.2, 0.25) is 0 Å². The molecule has 1 aliphatic carbocycles. The minimum Gasteiger partial charge on any atom is -0.469 e. The van der Waals surface area contributed by atoms with E-state index < -0.39 is 0 Å². The fourth-order valence-electron chi connectivity index (χ4n) is 4.69. The summed E-state index contributed by atoms with van der Waals surface area (Å²) in [5.74, 6) is 0.698. The third-order valence-electron chi connectivity index (χ3n) is 6.77. The predicted molar refractivity (Wildman–Crippen MR) is 141 cm³/mol. The van der Waals surface area contributed by atoms with Crippen LogP contribution in [0.15, 0.2) is 59.3 Å². The van der Waals surface area contributed by atoms with Gasteiger partial charge in [-0.1, -0.05) is 36.4 Å². The summed E-state index contributed by atoms with van der Waals surface area (Å²) in [6.07, 6.45) is 7.93. The average Bonchev–Trinajstić information content (AvgIpc) is 3.35. The number of nitrogens with two attached hydrogens (primary N) is 1. The Balaban J connectivity index is 1.32. The summed E-state index contributed by atoms with van der Waals surface area (Å²) in [5, 5.41) is 4.46. The van der Waals surface area contributed by atoms with Gasteiger partial charge in [0, 0.05) is 29.3 Å². The highest BCUT2D eigenvalue weighted by Gasteiger charge is 2.25. The molecule has 0 amide bonds. The van der Waals surface area contributed by atoms with E-state index in [1.807, 2.05) is 48.7 Å². The Bertz CT molecular complexity index is 1350. The smallest absolute Gasteiger partial charge is 0.305 e. The number of aromatic nitrogens is 4. The molecule has 8 nitrogen and oxygen atoms in total. The van der Waals surface area contributed by atoms with Crippen molar-refractivity contribution in [1.82, 2.24) is 19.6 Å². The summed E-state index contributed by atoms with van der Waals surface area (Å²) in [5.41, 5.74) is 11.5. The molecule has 0 atom stereocenters. The van der Waals surface area contributed by atoms with Gasteiger partial charge in [-0.3, -0.25) is 9.78 Å². The van der Waals surface area contributed by atoms with Crippen molar-refractivity contribution in [2.45, 2.75) is 44.8 Å². The SMILES string of the molecule is COC(=O)C[C@H]1CC[C@H](OCc2nc3c(-c4ccc(-c5ccccc5)nc4)cnn3c(N)c2Br)CC1. The number of fused-ring (bicyclic) bond motifs is 1. The molecule has 1 aromatic carbocycles. The maximum Gasteiger partial charge on any atom is 0.305 e. The lowest BCUT2D eigenvalue weighted by Gasteiger charge is -2.28. The molecule has 1 fully saturated rings. The number of methoxy groups -OCH3 is 1. The third-order valence-corrected chi connectivity index (χ3v) is 7.63. The van der Waals surface area contributed by atoms with E-state index in [4.69, 9.17) is 20.2 Å². The Kier molecular flexibility index (Phi) is 7.29. The number of nitrogen functional groups attached to an aromatic ring is 1. The van der Waals surface area contributed by atoms with E-state index in [1.165, 1.54) is 7.11 Å². The van der Waals surface area contributed by atoms with Crippen molar-refractivity contribution in [2.24, 2.45) is 5.92 Å². The van der Waals surface area contributed by atoms with Crippen LogP contribution in [0.5, 0.6) is 0 Å². The minimum atomic E-state index is -0.141. The molecule has 3 aromatic heterocycles. The molecule has 0 saturated heterocycles. The topological polar surface area (TPSA) is 105 Å². The Morgan fingerprint density at radius 3 is 2.56 bits per heavy atom. The molecule has 0 radical (unpaired) electrons. The predicted octanol–water partition coefficient (Wildman–Crippen LogP) is 5.44. The van der Waals surface area contributed by atoms with Crippen LogP contribution in [0.1, 0.15) is 37.8 Å². The van der Waals surface area contributed by atoms with Crippen LogP contribution in [0.2, 0.25) is 0 Å². The number of benzene rings is 1. The molecular weight excluding hydrogens is 522 g/mol. The fourth-order valence-corrected chi connectivity index (χ4v) is 5.07. The molecule has 9 heteroatoms. The number of hydrogen-bond acceptors (Lipinski definition) is 7. The van der Waals surface area contributed by atoms with Gasteiger partial charge in [0.15, 0.2) is 5.65 Å². The van der Waals surface area contributed by atoms with E-state index >= 15 is 0 Å². The average molecular weight is 550 g/mol. The summed E-state index contributed by atoms with van der Waals surface area (Å²) in [6, 6.07) is 14.1. The van der Waals surface area contributed by atoms with Crippen molar-refractivity contribution in [3.8, 4) is 22.4 Å².